The molecular weight excluding hydrogens is 318 g/mol. The van der Waals surface area contributed by atoms with Crippen LogP contribution >= 0.6 is 27.5 Å². The highest BCUT2D eigenvalue weighted by Gasteiger charge is 2.12. The molecule has 1 atom stereocenters. The first-order valence-corrected chi connectivity index (χ1v) is 7.09. The predicted molar refractivity (Wildman–Crippen MR) is 77.5 cm³/mol. The molecule has 1 aromatic carbocycles. The van der Waals surface area contributed by atoms with E-state index in [2.05, 4.69) is 28.2 Å². The maximum atomic E-state index is 12.0. The van der Waals surface area contributed by atoms with E-state index in [1.54, 1.807) is 25.3 Å². The smallest absolute Gasteiger partial charge is 0.252 e. The molecule has 1 unspecified atom stereocenters. The first kappa shape index (κ1) is 15.3. The SMILES string of the molecule is COc1ccc(Br)c(C(=O)NCC(C)CCCl)c1. The van der Waals surface area contributed by atoms with E-state index in [9.17, 15) is 4.79 Å². The third-order valence-electron chi connectivity index (χ3n) is 2.63. The minimum atomic E-state index is -0.109. The molecule has 0 fully saturated rings. The molecule has 0 spiro atoms. The molecule has 1 N–H and O–H groups in total. The third kappa shape index (κ3) is 4.50. The zero-order valence-corrected chi connectivity index (χ0v) is 12.8. The van der Waals surface area contributed by atoms with Crippen LogP contribution in [0, 0.1) is 5.92 Å². The van der Waals surface area contributed by atoms with Gasteiger partial charge in [0.15, 0.2) is 0 Å². The molecule has 3 nitrogen and oxygen atoms in total. The highest BCUT2D eigenvalue weighted by Crippen LogP contribution is 2.22. The lowest BCUT2D eigenvalue weighted by molar-refractivity contribution is 0.0946. The van der Waals surface area contributed by atoms with Crippen molar-refractivity contribution in [1.82, 2.24) is 5.32 Å². The number of hydrogen-bond donors (Lipinski definition) is 1. The monoisotopic (exact) mass is 333 g/mol. The average Bonchev–Trinajstić information content (AvgIpc) is 2.37. The summed E-state index contributed by atoms with van der Waals surface area (Å²) in [7, 11) is 1.58. The molecule has 1 rings (SSSR count). The zero-order chi connectivity index (χ0) is 13.5. The molecule has 0 saturated carbocycles. The van der Waals surface area contributed by atoms with Crippen molar-refractivity contribution in [3.8, 4) is 5.75 Å². The fraction of sp³-hybridized carbons (Fsp3) is 0.462. The Bertz CT molecular complexity index is 412. The fourth-order valence-corrected chi connectivity index (χ4v) is 2.26. The second kappa shape index (κ2) is 7.64. The van der Waals surface area contributed by atoms with E-state index in [1.807, 2.05) is 0 Å². The van der Waals surface area contributed by atoms with Crippen LogP contribution in [0.1, 0.15) is 23.7 Å². The highest BCUT2D eigenvalue weighted by atomic mass is 79.9. The van der Waals surface area contributed by atoms with Crippen LogP contribution < -0.4 is 10.1 Å². The normalized spacial score (nSPS) is 12.0. The molecular formula is C13H17BrClNO2. The lowest BCUT2D eigenvalue weighted by Crippen LogP contribution is -2.28. The van der Waals surface area contributed by atoms with E-state index in [0.717, 1.165) is 10.9 Å². The summed E-state index contributed by atoms with van der Waals surface area (Å²) in [5.41, 5.74) is 0.576. The number of hydrogen-bond acceptors (Lipinski definition) is 2. The van der Waals surface area contributed by atoms with E-state index in [1.165, 1.54) is 0 Å². The minimum Gasteiger partial charge on any atom is -0.497 e. The van der Waals surface area contributed by atoms with E-state index >= 15 is 0 Å². The summed E-state index contributed by atoms with van der Waals surface area (Å²) in [6, 6.07) is 5.32. The Hall–Kier alpha value is -0.740. The van der Waals surface area contributed by atoms with E-state index < -0.39 is 0 Å². The highest BCUT2D eigenvalue weighted by molar-refractivity contribution is 9.10. The average molecular weight is 335 g/mol. The standard InChI is InChI=1S/C13H17BrClNO2/c1-9(5-6-15)8-16-13(17)11-7-10(18-2)3-4-12(11)14/h3-4,7,9H,5-6,8H2,1-2H3,(H,16,17). The summed E-state index contributed by atoms with van der Waals surface area (Å²) in [4.78, 5) is 12.0. The van der Waals surface area contributed by atoms with Crippen LogP contribution in [0.4, 0.5) is 0 Å². The van der Waals surface area contributed by atoms with Gasteiger partial charge in [0.2, 0.25) is 0 Å². The Morgan fingerprint density at radius 1 is 1.56 bits per heavy atom. The van der Waals surface area contributed by atoms with Gasteiger partial charge in [0.05, 0.1) is 12.7 Å². The largest absolute Gasteiger partial charge is 0.497 e. The van der Waals surface area contributed by atoms with Crippen molar-refractivity contribution in [2.45, 2.75) is 13.3 Å². The van der Waals surface area contributed by atoms with Crippen molar-refractivity contribution in [3.63, 3.8) is 0 Å². The van der Waals surface area contributed by atoms with Gasteiger partial charge < -0.3 is 10.1 Å². The van der Waals surface area contributed by atoms with Crippen molar-refractivity contribution < 1.29 is 9.53 Å². The third-order valence-corrected chi connectivity index (χ3v) is 3.54. The number of alkyl halides is 1. The summed E-state index contributed by atoms with van der Waals surface area (Å²) in [5, 5.41) is 2.89. The number of carbonyl (C=O) groups excluding carboxylic acids is 1. The van der Waals surface area contributed by atoms with Gasteiger partial charge in [-0.05, 0) is 46.5 Å². The number of halogens is 2. The van der Waals surface area contributed by atoms with Crippen molar-refractivity contribution in [2.75, 3.05) is 19.5 Å². The fourth-order valence-electron chi connectivity index (χ4n) is 1.46. The topological polar surface area (TPSA) is 38.3 Å². The van der Waals surface area contributed by atoms with Crippen LogP contribution in [0.2, 0.25) is 0 Å². The number of amides is 1. The molecule has 0 heterocycles. The first-order chi connectivity index (χ1) is 8.58. The van der Waals surface area contributed by atoms with Crippen LogP contribution in [0.5, 0.6) is 5.75 Å². The maximum absolute atomic E-state index is 12.0. The van der Waals surface area contributed by atoms with Crippen molar-refractivity contribution in [2.24, 2.45) is 5.92 Å². The molecule has 1 aromatic rings. The Kier molecular flexibility index (Phi) is 6.50. The van der Waals surface area contributed by atoms with Crippen molar-refractivity contribution in [1.29, 1.82) is 0 Å². The number of benzene rings is 1. The van der Waals surface area contributed by atoms with Gasteiger partial charge in [-0.3, -0.25) is 4.79 Å². The Balaban J connectivity index is 2.66. The Labute approximate surface area is 121 Å². The lowest BCUT2D eigenvalue weighted by atomic mass is 10.1. The number of carbonyl (C=O) groups is 1. The molecule has 0 aliphatic heterocycles. The summed E-state index contributed by atoms with van der Waals surface area (Å²) in [6.45, 7) is 2.68. The molecule has 100 valence electrons. The number of ether oxygens (including phenoxy) is 1. The van der Waals surface area contributed by atoms with Crippen LogP contribution in [-0.4, -0.2) is 25.4 Å². The van der Waals surface area contributed by atoms with Gasteiger partial charge in [0.1, 0.15) is 5.75 Å². The van der Waals surface area contributed by atoms with Gasteiger partial charge in [-0.1, -0.05) is 6.92 Å². The molecule has 0 bridgehead atoms. The van der Waals surface area contributed by atoms with Gasteiger partial charge >= 0.3 is 0 Å². The molecule has 0 saturated heterocycles. The maximum Gasteiger partial charge on any atom is 0.252 e. The Morgan fingerprint density at radius 2 is 2.28 bits per heavy atom. The van der Waals surface area contributed by atoms with Crippen LogP contribution in [0.15, 0.2) is 22.7 Å². The van der Waals surface area contributed by atoms with E-state index in [4.69, 9.17) is 16.3 Å². The molecule has 5 heteroatoms. The quantitative estimate of drug-likeness (QED) is 0.809. The van der Waals surface area contributed by atoms with Crippen LogP contribution in [0.3, 0.4) is 0 Å². The van der Waals surface area contributed by atoms with E-state index in [-0.39, 0.29) is 5.91 Å². The van der Waals surface area contributed by atoms with Crippen molar-refractivity contribution in [3.05, 3.63) is 28.2 Å². The molecule has 18 heavy (non-hydrogen) atoms. The second-order valence-electron chi connectivity index (χ2n) is 4.14. The van der Waals surface area contributed by atoms with Gasteiger partial charge in [0.25, 0.3) is 5.91 Å². The van der Waals surface area contributed by atoms with Gasteiger partial charge in [0, 0.05) is 16.9 Å². The minimum absolute atomic E-state index is 0.109. The van der Waals surface area contributed by atoms with Crippen LogP contribution in [0.25, 0.3) is 0 Å². The van der Waals surface area contributed by atoms with Gasteiger partial charge in [-0.2, -0.15) is 0 Å². The molecule has 0 aliphatic carbocycles. The summed E-state index contributed by atoms with van der Waals surface area (Å²) in [5.74, 6) is 1.54. The number of methoxy groups -OCH3 is 1. The molecule has 0 aromatic heterocycles. The number of rotatable bonds is 6. The molecule has 0 radical (unpaired) electrons. The zero-order valence-electron chi connectivity index (χ0n) is 10.5. The molecule has 1 amide bonds. The first-order valence-electron chi connectivity index (χ1n) is 5.76. The predicted octanol–water partition coefficient (Wildman–Crippen LogP) is 3.45. The Morgan fingerprint density at radius 3 is 2.89 bits per heavy atom. The van der Waals surface area contributed by atoms with Crippen LogP contribution in [-0.2, 0) is 0 Å². The number of nitrogens with one attached hydrogen (secondary N) is 1. The summed E-state index contributed by atoms with van der Waals surface area (Å²) in [6.07, 6.45) is 0.890. The van der Waals surface area contributed by atoms with Crippen molar-refractivity contribution >= 4 is 33.4 Å². The van der Waals surface area contributed by atoms with Gasteiger partial charge in [-0.25, -0.2) is 0 Å². The molecule has 0 aliphatic rings. The summed E-state index contributed by atoms with van der Waals surface area (Å²) >= 11 is 9.02. The summed E-state index contributed by atoms with van der Waals surface area (Å²) < 4.78 is 5.86. The van der Waals surface area contributed by atoms with Gasteiger partial charge in [-0.15, -0.1) is 11.6 Å². The lowest BCUT2D eigenvalue weighted by Gasteiger charge is -2.12. The van der Waals surface area contributed by atoms with E-state index in [0.29, 0.717) is 29.7 Å². The second-order valence-corrected chi connectivity index (χ2v) is 5.37.